The average molecular weight is 292 g/mol. The summed E-state index contributed by atoms with van der Waals surface area (Å²) in [5.41, 5.74) is 0.268. The Bertz CT molecular complexity index is 919. The maximum Gasteiger partial charge on any atom is 0.451 e. The average Bonchev–Trinajstić information content (AvgIpc) is 2.46. The van der Waals surface area contributed by atoms with E-state index in [1.807, 2.05) is 0 Å². The number of hydrogen-bond donors (Lipinski definition) is 1. The van der Waals surface area contributed by atoms with Gasteiger partial charge in [0.1, 0.15) is 0 Å². The number of aliphatic hydroxyl groups excluding tert-OH is 1. The standard InChI is InChI=1S/C14H7F3N2O2/c15-14(16,17)13-18-10-3-1-2-9-7(5-20)4-8(6-21)12(19-13)11(9)10/h1-6,21H/b8-6+. The van der Waals surface area contributed by atoms with E-state index >= 15 is 0 Å². The van der Waals surface area contributed by atoms with Gasteiger partial charge in [0.15, 0.2) is 6.29 Å². The normalized spacial score (nSPS) is 13.2. The maximum absolute atomic E-state index is 12.8. The van der Waals surface area contributed by atoms with Gasteiger partial charge in [0.05, 0.1) is 17.3 Å². The van der Waals surface area contributed by atoms with E-state index in [4.69, 9.17) is 0 Å². The van der Waals surface area contributed by atoms with Gasteiger partial charge in [-0.1, -0.05) is 12.1 Å². The summed E-state index contributed by atoms with van der Waals surface area (Å²) in [6, 6.07) is 5.80. The fraction of sp³-hybridized carbons (Fsp3) is 0.0714. The third kappa shape index (κ3) is 1.97. The SMILES string of the molecule is O=Cc1c/c(=C\O)c2nc(C(F)(F)F)nc3cccc1c32. The monoisotopic (exact) mass is 292 g/mol. The molecule has 0 aliphatic heterocycles. The maximum atomic E-state index is 12.8. The third-order valence-electron chi connectivity index (χ3n) is 3.14. The highest BCUT2D eigenvalue weighted by molar-refractivity contribution is 6.12. The zero-order chi connectivity index (χ0) is 15.2. The summed E-state index contributed by atoms with van der Waals surface area (Å²) < 4.78 is 38.5. The third-order valence-corrected chi connectivity index (χ3v) is 3.14. The molecule has 1 aromatic heterocycles. The van der Waals surface area contributed by atoms with Gasteiger partial charge in [-0.05, 0) is 17.5 Å². The molecule has 3 rings (SSSR count). The molecule has 0 saturated heterocycles. The molecule has 4 nitrogen and oxygen atoms in total. The molecule has 0 saturated carbocycles. The number of rotatable bonds is 1. The first-order chi connectivity index (χ1) is 9.95. The molecule has 2 aromatic carbocycles. The number of benzene rings is 2. The molecule has 106 valence electrons. The summed E-state index contributed by atoms with van der Waals surface area (Å²) in [5, 5.41) is 10.0. The molecule has 3 aromatic rings. The van der Waals surface area contributed by atoms with Gasteiger partial charge >= 0.3 is 6.18 Å². The van der Waals surface area contributed by atoms with E-state index in [-0.39, 0.29) is 21.8 Å². The van der Waals surface area contributed by atoms with Crippen LogP contribution < -0.4 is 5.22 Å². The van der Waals surface area contributed by atoms with Crippen molar-refractivity contribution in [1.29, 1.82) is 0 Å². The lowest BCUT2D eigenvalue weighted by Crippen LogP contribution is -2.15. The van der Waals surface area contributed by atoms with Crippen molar-refractivity contribution in [3.8, 4) is 0 Å². The van der Waals surface area contributed by atoms with E-state index in [9.17, 15) is 23.1 Å². The van der Waals surface area contributed by atoms with Crippen LogP contribution in [-0.2, 0) is 6.18 Å². The number of carbonyl (C=O) groups is 1. The van der Waals surface area contributed by atoms with E-state index < -0.39 is 12.0 Å². The summed E-state index contributed by atoms with van der Waals surface area (Å²) >= 11 is 0. The lowest BCUT2D eigenvalue weighted by atomic mass is 10.0. The molecular formula is C14H7F3N2O2. The number of carbonyl (C=O) groups excluding carboxylic acids is 1. The Morgan fingerprint density at radius 2 is 1.95 bits per heavy atom. The number of halogens is 3. The molecule has 1 N–H and O–H groups in total. The molecule has 0 spiro atoms. The van der Waals surface area contributed by atoms with Crippen LogP contribution in [0.5, 0.6) is 0 Å². The minimum Gasteiger partial charge on any atom is -0.515 e. The van der Waals surface area contributed by atoms with Crippen molar-refractivity contribution >= 4 is 34.4 Å². The Labute approximate surface area is 115 Å². The molecule has 0 aliphatic carbocycles. The summed E-state index contributed by atoms with van der Waals surface area (Å²) in [6.45, 7) is 0. The van der Waals surface area contributed by atoms with E-state index in [2.05, 4.69) is 9.97 Å². The highest BCUT2D eigenvalue weighted by Gasteiger charge is 2.35. The number of nitrogens with zero attached hydrogens (tertiary/aromatic N) is 2. The molecule has 0 fully saturated rings. The van der Waals surface area contributed by atoms with Crippen LogP contribution in [-0.4, -0.2) is 21.4 Å². The fourth-order valence-corrected chi connectivity index (χ4v) is 2.27. The molecule has 1 heterocycles. The Kier molecular flexibility index (Phi) is 2.79. The first-order valence-electron chi connectivity index (χ1n) is 5.85. The first kappa shape index (κ1) is 13.3. The van der Waals surface area contributed by atoms with Gasteiger partial charge in [-0.3, -0.25) is 4.79 Å². The molecule has 7 heteroatoms. The van der Waals surface area contributed by atoms with Crippen LogP contribution in [0.3, 0.4) is 0 Å². The topological polar surface area (TPSA) is 63.1 Å². The molecule has 0 unspecified atom stereocenters. The van der Waals surface area contributed by atoms with Crippen molar-refractivity contribution in [3.05, 3.63) is 40.9 Å². The number of hydrogen-bond acceptors (Lipinski definition) is 4. The van der Waals surface area contributed by atoms with Gasteiger partial charge in [-0.15, -0.1) is 0 Å². The van der Waals surface area contributed by atoms with E-state index in [1.54, 1.807) is 6.07 Å². The Balaban J connectivity index is 2.61. The molecule has 0 radical (unpaired) electrons. The minimum absolute atomic E-state index is 0.0358. The Morgan fingerprint density at radius 3 is 2.57 bits per heavy atom. The smallest absolute Gasteiger partial charge is 0.451 e. The lowest BCUT2D eigenvalue weighted by Gasteiger charge is -2.11. The van der Waals surface area contributed by atoms with Crippen molar-refractivity contribution in [2.75, 3.05) is 0 Å². The van der Waals surface area contributed by atoms with E-state index in [0.29, 0.717) is 23.3 Å². The highest BCUT2D eigenvalue weighted by atomic mass is 19.4. The molecular weight excluding hydrogens is 285 g/mol. The second-order valence-electron chi connectivity index (χ2n) is 4.40. The van der Waals surface area contributed by atoms with Gasteiger partial charge in [0, 0.05) is 16.2 Å². The second kappa shape index (κ2) is 4.41. The fourth-order valence-electron chi connectivity index (χ4n) is 2.27. The van der Waals surface area contributed by atoms with Crippen molar-refractivity contribution in [2.24, 2.45) is 0 Å². The molecule has 0 atom stereocenters. The summed E-state index contributed by atoms with van der Waals surface area (Å²) in [4.78, 5) is 18.1. The number of alkyl halides is 3. The van der Waals surface area contributed by atoms with Crippen LogP contribution in [0.4, 0.5) is 13.2 Å². The van der Waals surface area contributed by atoms with Gasteiger partial charge in [0.2, 0.25) is 5.82 Å². The molecule has 0 aliphatic rings. The van der Waals surface area contributed by atoms with E-state index in [1.165, 1.54) is 18.2 Å². The van der Waals surface area contributed by atoms with Crippen molar-refractivity contribution < 1.29 is 23.1 Å². The number of aliphatic hydroxyl groups is 1. The number of aromatic nitrogens is 2. The first-order valence-corrected chi connectivity index (χ1v) is 5.85. The van der Waals surface area contributed by atoms with E-state index in [0.717, 1.165) is 0 Å². The summed E-state index contributed by atoms with van der Waals surface area (Å²) in [5.74, 6) is -1.29. The predicted molar refractivity (Wildman–Crippen MR) is 69.7 cm³/mol. The molecule has 0 bridgehead atoms. The van der Waals surface area contributed by atoms with Gasteiger partial charge in [0.25, 0.3) is 0 Å². The highest BCUT2D eigenvalue weighted by Crippen LogP contribution is 2.30. The summed E-state index contributed by atoms with van der Waals surface area (Å²) in [7, 11) is 0. The van der Waals surface area contributed by atoms with Gasteiger partial charge < -0.3 is 5.11 Å². The van der Waals surface area contributed by atoms with Crippen molar-refractivity contribution in [1.82, 2.24) is 9.97 Å². The summed E-state index contributed by atoms with van der Waals surface area (Å²) in [6.07, 6.45) is -3.50. The zero-order valence-electron chi connectivity index (χ0n) is 10.3. The lowest BCUT2D eigenvalue weighted by molar-refractivity contribution is -0.144. The van der Waals surface area contributed by atoms with Crippen LogP contribution in [0, 0.1) is 0 Å². The van der Waals surface area contributed by atoms with Crippen LogP contribution in [0.1, 0.15) is 16.2 Å². The van der Waals surface area contributed by atoms with Crippen molar-refractivity contribution in [2.45, 2.75) is 6.18 Å². The molecule has 0 amide bonds. The van der Waals surface area contributed by atoms with Crippen molar-refractivity contribution in [3.63, 3.8) is 0 Å². The Hall–Kier alpha value is -2.70. The van der Waals surface area contributed by atoms with Gasteiger partial charge in [-0.25, -0.2) is 9.97 Å². The van der Waals surface area contributed by atoms with Crippen LogP contribution >= 0.6 is 0 Å². The van der Waals surface area contributed by atoms with Crippen LogP contribution in [0.2, 0.25) is 0 Å². The van der Waals surface area contributed by atoms with Gasteiger partial charge in [-0.2, -0.15) is 13.2 Å². The van der Waals surface area contributed by atoms with Crippen LogP contribution in [0.15, 0.2) is 24.3 Å². The zero-order valence-corrected chi connectivity index (χ0v) is 10.3. The minimum atomic E-state index is -4.70. The second-order valence-corrected chi connectivity index (χ2v) is 4.40. The largest absolute Gasteiger partial charge is 0.515 e. The van der Waals surface area contributed by atoms with Crippen LogP contribution in [0.25, 0.3) is 28.1 Å². The quantitative estimate of drug-likeness (QED) is 0.700. The molecule has 21 heavy (non-hydrogen) atoms. The number of aldehydes is 1. The predicted octanol–water partition coefficient (Wildman–Crippen LogP) is 2.63. The Morgan fingerprint density at radius 1 is 1.19 bits per heavy atom.